The number of carbonyl (C=O) groups is 1. The first-order valence-electron chi connectivity index (χ1n) is 9.51. The number of nitrogens with zero attached hydrogens (tertiary/aromatic N) is 3. The second-order valence-corrected chi connectivity index (χ2v) is 6.75. The number of nitrogens with one attached hydrogen (secondary N) is 3. The molecule has 4 rings (SSSR count). The second kappa shape index (κ2) is 9.00. The van der Waals surface area contributed by atoms with Crippen LogP contribution in [0.15, 0.2) is 79.3 Å². The molecule has 0 bridgehead atoms. The van der Waals surface area contributed by atoms with E-state index in [2.05, 4.69) is 30.9 Å². The van der Waals surface area contributed by atoms with Gasteiger partial charge >= 0.3 is 0 Å². The number of amides is 1. The zero-order valence-electron chi connectivity index (χ0n) is 16.6. The average molecular weight is 414 g/mol. The molecule has 8 heteroatoms. The van der Waals surface area contributed by atoms with E-state index < -0.39 is 5.82 Å². The molecule has 0 saturated heterocycles. The molecule has 1 amide bonds. The fourth-order valence-corrected chi connectivity index (χ4v) is 2.78. The summed E-state index contributed by atoms with van der Waals surface area (Å²) in [6.07, 6.45) is 3.14. The van der Waals surface area contributed by atoms with Crippen LogP contribution in [0, 0.1) is 12.7 Å². The van der Waals surface area contributed by atoms with Crippen LogP contribution in [0.2, 0.25) is 0 Å². The number of carbonyl (C=O) groups excluding carboxylic acids is 1. The van der Waals surface area contributed by atoms with Crippen LogP contribution in [0.5, 0.6) is 0 Å². The number of halogens is 1. The fourth-order valence-electron chi connectivity index (χ4n) is 2.78. The van der Waals surface area contributed by atoms with E-state index in [9.17, 15) is 9.18 Å². The number of pyridine rings is 1. The van der Waals surface area contributed by atoms with E-state index in [1.54, 1.807) is 55.6 Å². The van der Waals surface area contributed by atoms with Crippen molar-refractivity contribution < 1.29 is 9.18 Å². The van der Waals surface area contributed by atoms with Crippen molar-refractivity contribution in [1.29, 1.82) is 0 Å². The fraction of sp³-hybridized carbons (Fsp3) is 0.0435. The molecule has 4 aromatic rings. The van der Waals surface area contributed by atoms with Crippen LogP contribution < -0.4 is 16.0 Å². The van der Waals surface area contributed by atoms with Crippen molar-refractivity contribution in [2.45, 2.75) is 6.92 Å². The Morgan fingerprint density at radius 2 is 1.55 bits per heavy atom. The molecule has 31 heavy (non-hydrogen) atoms. The van der Waals surface area contributed by atoms with Crippen LogP contribution in [0.4, 0.5) is 33.2 Å². The first kappa shape index (κ1) is 20.0. The topological polar surface area (TPSA) is 91.8 Å². The SMILES string of the molecule is Cc1ccc(C(=O)Nc2ccc(Nc3cc(Nc4ccccn4)ncn3)cc2)cc1F. The van der Waals surface area contributed by atoms with Crippen molar-refractivity contribution in [2.24, 2.45) is 0 Å². The van der Waals surface area contributed by atoms with Gasteiger partial charge in [0.05, 0.1) is 0 Å². The van der Waals surface area contributed by atoms with Crippen molar-refractivity contribution >= 4 is 34.7 Å². The Hall–Kier alpha value is -4.33. The average Bonchev–Trinajstić information content (AvgIpc) is 2.78. The molecular formula is C23H19FN6O. The van der Waals surface area contributed by atoms with Crippen LogP contribution in [-0.2, 0) is 0 Å². The summed E-state index contributed by atoms with van der Waals surface area (Å²) in [5, 5.41) is 9.05. The molecule has 3 N–H and O–H groups in total. The van der Waals surface area contributed by atoms with Crippen molar-refractivity contribution in [3.05, 3.63) is 96.2 Å². The van der Waals surface area contributed by atoms with E-state index in [-0.39, 0.29) is 11.5 Å². The summed E-state index contributed by atoms with van der Waals surface area (Å²) in [5.74, 6) is 1.10. The van der Waals surface area contributed by atoms with Crippen LogP contribution >= 0.6 is 0 Å². The Kier molecular flexibility index (Phi) is 5.79. The minimum Gasteiger partial charge on any atom is -0.340 e. The van der Waals surface area contributed by atoms with E-state index in [1.165, 1.54) is 12.4 Å². The first-order valence-corrected chi connectivity index (χ1v) is 9.51. The number of hydrogen-bond acceptors (Lipinski definition) is 6. The normalized spacial score (nSPS) is 10.4. The summed E-state index contributed by atoms with van der Waals surface area (Å²) in [5.41, 5.74) is 2.13. The van der Waals surface area contributed by atoms with E-state index in [0.29, 0.717) is 28.7 Å². The van der Waals surface area contributed by atoms with Crippen LogP contribution in [0.1, 0.15) is 15.9 Å². The highest BCUT2D eigenvalue weighted by molar-refractivity contribution is 6.04. The van der Waals surface area contributed by atoms with Crippen molar-refractivity contribution in [1.82, 2.24) is 15.0 Å². The predicted octanol–water partition coefficient (Wildman–Crippen LogP) is 5.06. The monoisotopic (exact) mass is 414 g/mol. The highest BCUT2D eigenvalue weighted by Gasteiger charge is 2.09. The Bertz CT molecular complexity index is 1200. The summed E-state index contributed by atoms with van der Waals surface area (Å²) in [7, 11) is 0. The molecule has 0 aliphatic rings. The van der Waals surface area contributed by atoms with Gasteiger partial charge in [0.2, 0.25) is 0 Å². The maximum atomic E-state index is 13.7. The molecule has 0 spiro atoms. The van der Waals surface area contributed by atoms with E-state index in [0.717, 1.165) is 5.69 Å². The van der Waals surface area contributed by atoms with Crippen molar-refractivity contribution in [3.8, 4) is 0 Å². The van der Waals surface area contributed by atoms with Gasteiger partial charge in [-0.25, -0.2) is 19.3 Å². The molecule has 0 atom stereocenters. The molecule has 2 aromatic heterocycles. The lowest BCUT2D eigenvalue weighted by Gasteiger charge is -2.10. The van der Waals surface area contributed by atoms with Crippen molar-refractivity contribution in [2.75, 3.05) is 16.0 Å². The molecule has 7 nitrogen and oxygen atoms in total. The van der Waals surface area contributed by atoms with Gasteiger partial charge in [-0.05, 0) is 61.0 Å². The zero-order chi connectivity index (χ0) is 21.6. The number of rotatable bonds is 6. The minimum absolute atomic E-state index is 0.263. The molecule has 2 aromatic carbocycles. The summed E-state index contributed by atoms with van der Waals surface area (Å²) in [6.45, 7) is 1.65. The molecule has 0 unspecified atom stereocenters. The quantitative estimate of drug-likeness (QED) is 0.409. The molecule has 0 aliphatic carbocycles. The molecule has 154 valence electrons. The number of aryl methyl sites for hydroxylation is 1. The van der Waals surface area contributed by atoms with Crippen molar-refractivity contribution in [3.63, 3.8) is 0 Å². The minimum atomic E-state index is -0.408. The van der Waals surface area contributed by atoms with Gasteiger partial charge in [-0.15, -0.1) is 0 Å². The second-order valence-electron chi connectivity index (χ2n) is 6.75. The first-order chi connectivity index (χ1) is 15.1. The maximum absolute atomic E-state index is 13.7. The van der Waals surface area contributed by atoms with E-state index in [4.69, 9.17) is 0 Å². The smallest absolute Gasteiger partial charge is 0.255 e. The number of aromatic nitrogens is 3. The van der Waals surface area contributed by atoms with E-state index in [1.807, 2.05) is 18.2 Å². The van der Waals surface area contributed by atoms with Gasteiger partial charge in [0.15, 0.2) is 0 Å². The molecule has 2 heterocycles. The molecule has 0 aliphatic heterocycles. The summed E-state index contributed by atoms with van der Waals surface area (Å²) < 4.78 is 13.7. The Morgan fingerprint density at radius 1 is 0.806 bits per heavy atom. The van der Waals surface area contributed by atoms with Gasteiger partial charge in [-0.2, -0.15) is 0 Å². The summed E-state index contributed by atoms with van der Waals surface area (Å²) in [6, 6.07) is 18.8. The highest BCUT2D eigenvalue weighted by atomic mass is 19.1. The van der Waals surface area contributed by atoms with E-state index >= 15 is 0 Å². The lowest BCUT2D eigenvalue weighted by molar-refractivity contribution is 0.102. The van der Waals surface area contributed by atoms with Gasteiger partial charge in [-0.3, -0.25) is 4.79 Å². The van der Waals surface area contributed by atoms with Crippen LogP contribution in [0.25, 0.3) is 0 Å². The third kappa shape index (κ3) is 5.18. The molecule has 0 fully saturated rings. The maximum Gasteiger partial charge on any atom is 0.255 e. The zero-order valence-corrected chi connectivity index (χ0v) is 16.6. The van der Waals surface area contributed by atoms with Gasteiger partial charge < -0.3 is 16.0 Å². The highest BCUT2D eigenvalue weighted by Crippen LogP contribution is 2.20. The lowest BCUT2D eigenvalue weighted by atomic mass is 10.1. The summed E-state index contributed by atoms with van der Waals surface area (Å²) in [4.78, 5) is 24.9. The van der Waals surface area contributed by atoms with Gasteiger partial charge in [0.25, 0.3) is 5.91 Å². The van der Waals surface area contributed by atoms with Gasteiger partial charge in [-0.1, -0.05) is 12.1 Å². The Morgan fingerprint density at radius 3 is 2.26 bits per heavy atom. The Balaban J connectivity index is 1.40. The predicted molar refractivity (Wildman–Crippen MR) is 118 cm³/mol. The largest absolute Gasteiger partial charge is 0.340 e. The number of benzene rings is 2. The lowest BCUT2D eigenvalue weighted by Crippen LogP contribution is -2.12. The van der Waals surface area contributed by atoms with Gasteiger partial charge in [0, 0.05) is 29.2 Å². The molecule has 0 radical (unpaired) electrons. The molecule has 0 saturated carbocycles. The van der Waals surface area contributed by atoms with Gasteiger partial charge in [0.1, 0.15) is 29.6 Å². The molecular weight excluding hydrogens is 395 g/mol. The number of hydrogen-bond donors (Lipinski definition) is 3. The standard InChI is InChI=1S/C23H19FN6O/c1-15-5-6-16(12-19(15)24)23(31)29-18-9-7-17(8-10-18)28-21-13-22(27-14-26-21)30-20-4-2-3-11-25-20/h2-14H,1H3,(H,29,31)(H2,25,26,27,28,30). The van der Waals surface area contributed by atoms with Crippen LogP contribution in [-0.4, -0.2) is 20.9 Å². The van der Waals surface area contributed by atoms with Crippen LogP contribution in [0.3, 0.4) is 0 Å². The Labute approximate surface area is 178 Å². The third-order valence-electron chi connectivity index (χ3n) is 4.44. The number of anilines is 5. The summed E-state index contributed by atoms with van der Waals surface area (Å²) >= 11 is 0. The third-order valence-corrected chi connectivity index (χ3v) is 4.44.